The second kappa shape index (κ2) is 8.29. The van der Waals surface area contributed by atoms with Gasteiger partial charge in [-0.3, -0.25) is 9.89 Å². The van der Waals surface area contributed by atoms with Gasteiger partial charge in [0.25, 0.3) is 5.91 Å². The van der Waals surface area contributed by atoms with Crippen molar-refractivity contribution in [1.29, 1.82) is 0 Å². The van der Waals surface area contributed by atoms with Gasteiger partial charge in [0.05, 0.1) is 12.2 Å². The first kappa shape index (κ1) is 18.4. The smallest absolute Gasteiger partial charge is 0.251 e. The first-order valence-corrected chi connectivity index (χ1v) is 8.66. The van der Waals surface area contributed by atoms with Crippen molar-refractivity contribution >= 4 is 29.3 Å². The monoisotopic (exact) mass is 371 g/mol. The highest BCUT2D eigenvalue weighted by Gasteiger charge is 2.18. The van der Waals surface area contributed by atoms with E-state index in [1.165, 1.54) is 6.42 Å². The number of nitrogens with zero attached hydrogens (tertiary/aromatic N) is 2. The van der Waals surface area contributed by atoms with Gasteiger partial charge in [0.15, 0.2) is 5.65 Å². The zero-order valence-corrected chi connectivity index (χ0v) is 15.2. The highest BCUT2D eigenvalue weighted by atomic mass is 35.5. The fourth-order valence-corrected chi connectivity index (χ4v) is 3.42. The lowest BCUT2D eigenvalue weighted by molar-refractivity contribution is 0.0949. The number of aromatic nitrogens is 3. The zero-order valence-electron chi connectivity index (χ0n) is 14.4. The summed E-state index contributed by atoms with van der Waals surface area (Å²) in [6.07, 6.45) is 3.82. The summed E-state index contributed by atoms with van der Waals surface area (Å²) in [5, 5.41) is 14.4. The molecule has 3 heterocycles. The summed E-state index contributed by atoms with van der Waals surface area (Å²) in [6, 6.07) is 11.7. The molecule has 4 rings (SSSR count). The highest BCUT2D eigenvalue weighted by molar-refractivity contribution is 5.95. The molecule has 1 aliphatic rings. The summed E-state index contributed by atoms with van der Waals surface area (Å²) in [4.78, 5) is 16.9. The average Bonchev–Trinajstić information content (AvgIpc) is 3.30. The maximum Gasteiger partial charge on any atom is 0.251 e. The largest absolute Gasteiger partial charge is 0.346 e. The van der Waals surface area contributed by atoms with E-state index in [1.807, 2.05) is 30.3 Å². The fraction of sp³-hybridized carbons (Fsp3) is 0.316. The van der Waals surface area contributed by atoms with Crippen LogP contribution in [0.15, 0.2) is 42.6 Å². The van der Waals surface area contributed by atoms with Crippen molar-refractivity contribution in [2.24, 2.45) is 5.92 Å². The molecule has 0 aliphatic carbocycles. The van der Waals surface area contributed by atoms with Crippen molar-refractivity contribution in [2.75, 3.05) is 13.1 Å². The number of rotatable bonds is 5. The molecule has 6 nitrogen and oxygen atoms in total. The minimum absolute atomic E-state index is 0. The number of H-pyrrole nitrogens is 1. The molecule has 26 heavy (non-hydrogen) atoms. The number of nitrogens with one attached hydrogen (secondary N) is 3. The second-order valence-electron chi connectivity index (χ2n) is 6.48. The molecule has 0 spiro atoms. The average molecular weight is 372 g/mol. The van der Waals surface area contributed by atoms with Crippen molar-refractivity contribution in [3.05, 3.63) is 59.4 Å². The van der Waals surface area contributed by atoms with E-state index in [1.54, 1.807) is 6.20 Å². The molecule has 3 N–H and O–H groups in total. The van der Waals surface area contributed by atoms with Crippen LogP contribution in [0.3, 0.4) is 0 Å². The quantitative estimate of drug-likeness (QED) is 0.643. The van der Waals surface area contributed by atoms with E-state index in [4.69, 9.17) is 0 Å². The Bertz CT molecular complexity index is 888. The van der Waals surface area contributed by atoms with Crippen LogP contribution in [0.1, 0.15) is 28.0 Å². The molecule has 1 fully saturated rings. The fourth-order valence-electron chi connectivity index (χ4n) is 3.42. The normalized spacial score (nSPS) is 16.4. The molecule has 1 atom stereocenters. The third-order valence-electron chi connectivity index (χ3n) is 4.77. The number of halogens is 1. The molecule has 1 unspecified atom stereocenters. The first-order chi connectivity index (χ1) is 12.3. The van der Waals surface area contributed by atoms with Gasteiger partial charge >= 0.3 is 0 Å². The maximum atomic E-state index is 12.7. The van der Waals surface area contributed by atoms with E-state index >= 15 is 0 Å². The third-order valence-corrected chi connectivity index (χ3v) is 4.77. The number of aromatic amines is 1. The first-order valence-electron chi connectivity index (χ1n) is 8.66. The number of hydrogen-bond acceptors (Lipinski definition) is 4. The number of benzene rings is 1. The summed E-state index contributed by atoms with van der Waals surface area (Å²) < 4.78 is 0. The Balaban J connectivity index is 0.00000196. The predicted octanol–water partition coefficient (Wildman–Crippen LogP) is 2.46. The molecule has 1 amide bonds. The molecule has 7 heteroatoms. The van der Waals surface area contributed by atoms with Crippen molar-refractivity contribution in [2.45, 2.75) is 19.4 Å². The molecular formula is C19H22ClN5O. The molecule has 2 aromatic heterocycles. The Morgan fingerprint density at radius 1 is 1.23 bits per heavy atom. The van der Waals surface area contributed by atoms with Crippen LogP contribution in [0.4, 0.5) is 0 Å². The molecule has 1 aliphatic heterocycles. The molecule has 0 saturated carbocycles. The summed E-state index contributed by atoms with van der Waals surface area (Å²) in [5.41, 5.74) is 3.41. The molecule has 1 aromatic carbocycles. The second-order valence-corrected chi connectivity index (χ2v) is 6.48. The Kier molecular flexibility index (Phi) is 5.85. The van der Waals surface area contributed by atoms with Crippen molar-refractivity contribution in [1.82, 2.24) is 25.8 Å². The minimum atomic E-state index is -0.0480. The van der Waals surface area contributed by atoms with Crippen LogP contribution in [0.25, 0.3) is 11.0 Å². The Labute approximate surface area is 158 Å². The number of pyridine rings is 1. The SMILES string of the molecule is Cl.O=C(NCc1[nH]nc2ncccc12)c1ccccc1CC1CCNC1. The van der Waals surface area contributed by atoms with Crippen LogP contribution in [0, 0.1) is 5.92 Å². The van der Waals surface area contributed by atoms with E-state index in [9.17, 15) is 4.79 Å². The van der Waals surface area contributed by atoms with E-state index in [-0.39, 0.29) is 18.3 Å². The van der Waals surface area contributed by atoms with Crippen molar-refractivity contribution in [3.63, 3.8) is 0 Å². The van der Waals surface area contributed by atoms with Gasteiger partial charge in [-0.1, -0.05) is 18.2 Å². The van der Waals surface area contributed by atoms with Crippen molar-refractivity contribution < 1.29 is 4.79 Å². The number of carbonyl (C=O) groups is 1. The molecular weight excluding hydrogens is 350 g/mol. The Hall–Kier alpha value is -2.44. The van der Waals surface area contributed by atoms with Gasteiger partial charge in [-0.15, -0.1) is 12.4 Å². The van der Waals surface area contributed by atoms with Gasteiger partial charge in [-0.05, 0) is 55.6 Å². The van der Waals surface area contributed by atoms with E-state index in [0.717, 1.165) is 41.7 Å². The summed E-state index contributed by atoms with van der Waals surface area (Å²) in [6.45, 7) is 2.50. The van der Waals surface area contributed by atoms with Gasteiger partial charge in [0.1, 0.15) is 0 Å². The van der Waals surface area contributed by atoms with Gasteiger partial charge in [-0.25, -0.2) is 4.98 Å². The standard InChI is InChI=1S/C19H21N5O.ClH/c25-19(22-12-17-16-6-3-8-21-18(16)24-23-17)15-5-2-1-4-14(15)10-13-7-9-20-11-13;/h1-6,8,13,20H,7,9-12H2,(H,22,25)(H,21,23,24);1H. The topological polar surface area (TPSA) is 82.7 Å². The van der Waals surface area contributed by atoms with Gasteiger partial charge in [0, 0.05) is 17.1 Å². The minimum Gasteiger partial charge on any atom is -0.346 e. The van der Waals surface area contributed by atoms with Gasteiger partial charge < -0.3 is 10.6 Å². The lowest BCUT2D eigenvalue weighted by atomic mass is 9.94. The third kappa shape index (κ3) is 3.86. The molecule has 0 bridgehead atoms. The van der Waals surface area contributed by atoms with E-state index in [0.29, 0.717) is 18.1 Å². The molecule has 1 saturated heterocycles. The van der Waals surface area contributed by atoms with E-state index in [2.05, 4.69) is 31.9 Å². The van der Waals surface area contributed by atoms with Crippen molar-refractivity contribution in [3.8, 4) is 0 Å². The Morgan fingerprint density at radius 2 is 2.12 bits per heavy atom. The Morgan fingerprint density at radius 3 is 2.96 bits per heavy atom. The zero-order chi connectivity index (χ0) is 17.1. The summed E-state index contributed by atoms with van der Waals surface area (Å²) in [7, 11) is 0. The van der Waals surface area contributed by atoms with E-state index < -0.39 is 0 Å². The van der Waals surface area contributed by atoms with Crippen LogP contribution in [0.2, 0.25) is 0 Å². The van der Waals surface area contributed by atoms with Crippen LogP contribution in [-0.2, 0) is 13.0 Å². The molecule has 3 aromatic rings. The number of amides is 1. The number of fused-ring (bicyclic) bond motifs is 1. The highest BCUT2D eigenvalue weighted by Crippen LogP contribution is 2.19. The molecule has 136 valence electrons. The summed E-state index contributed by atoms with van der Waals surface area (Å²) >= 11 is 0. The number of hydrogen-bond donors (Lipinski definition) is 3. The number of carbonyl (C=O) groups excluding carboxylic acids is 1. The van der Waals surface area contributed by atoms with Gasteiger partial charge in [0.2, 0.25) is 0 Å². The lowest BCUT2D eigenvalue weighted by Crippen LogP contribution is -2.25. The summed E-state index contributed by atoms with van der Waals surface area (Å²) in [5.74, 6) is 0.560. The van der Waals surface area contributed by atoms with Gasteiger partial charge in [-0.2, -0.15) is 5.10 Å². The van der Waals surface area contributed by atoms with Crippen LogP contribution >= 0.6 is 12.4 Å². The van der Waals surface area contributed by atoms with Crippen LogP contribution in [-0.4, -0.2) is 34.2 Å². The maximum absolute atomic E-state index is 12.7. The van der Waals surface area contributed by atoms with Crippen LogP contribution in [0.5, 0.6) is 0 Å². The van der Waals surface area contributed by atoms with Crippen LogP contribution < -0.4 is 10.6 Å². The molecule has 0 radical (unpaired) electrons. The predicted molar refractivity (Wildman–Crippen MR) is 103 cm³/mol. The lowest BCUT2D eigenvalue weighted by Gasteiger charge is -2.13.